The largest absolute Gasteiger partial charge is 0.496 e. The second-order valence-electron chi connectivity index (χ2n) is 6.04. The fourth-order valence-corrected chi connectivity index (χ4v) is 2.95. The van der Waals surface area contributed by atoms with Crippen LogP contribution in [-0.2, 0) is 5.41 Å². The van der Waals surface area contributed by atoms with Crippen LogP contribution in [0, 0.1) is 5.82 Å². The summed E-state index contributed by atoms with van der Waals surface area (Å²) in [6.45, 7) is 0.475. The van der Waals surface area contributed by atoms with Crippen LogP contribution in [0.15, 0.2) is 36.4 Å². The number of amides is 1. The number of rotatable bonds is 5. The average molecular weight is 385 g/mol. The fourth-order valence-electron chi connectivity index (χ4n) is 2.78. The van der Waals surface area contributed by atoms with Gasteiger partial charge in [-0.25, -0.2) is 4.39 Å². The Balaban J connectivity index is 0.00000225. The Bertz CT molecular complexity index is 777. The van der Waals surface area contributed by atoms with E-state index in [4.69, 9.17) is 22.1 Å². The molecule has 0 saturated heterocycles. The number of nitrogen functional groups attached to an aromatic ring is 1. The Morgan fingerprint density at radius 3 is 2.52 bits per heavy atom. The number of hydrogen-bond acceptors (Lipinski definition) is 3. The van der Waals surface area contributed by atoms with Gasteiger partial charge in [0.25, 0.3) is 5.91 Å². The topological polar surface area (TPSA) is 64.3 Å². The number of anilines is 1. The van der Waals surface area contributed by atoms with Gasteiger partial charge in [0.2, 0.25) is 0 Å². The van der Waals surface area contributed by atoms with Crippen LogP contribution in [0.5, 0.6) is 5.75 Å². The van der Waals surface area contributed by atoms with E-state index in [0.717, 1.165) is 18.4 Å². The van der Waals surface area contributed by atoms with E-state index in [2.05, 4.69) is 5.32 Å². The van der Waals surface area contributed by atoms with Crippen LogP contribution in [0.25, 0.3) is 0 Å². The first kappa shape index (κ1) is 19.3. The molecular formula is C18H19Cl2FN2O2. The molecular weight excluding hydrogens is 366 g/mol. The lowest BCUT2D eigenvalue weighted by Crippen LogP contribution is -2.32. The number of nitrogens with one attached hydrogen (secondary N) is 1. The molecule has 0 bridgehead atoms. The van der Waals surface area contributed by atoms with Crippen molar-refractivity contribution in [1.82, 2.24) is 5.32 Å². The maximum Gasteiger partial charge on any atom is 0.255 e. The Labute approximate surface area is 156 Å². The lowest BCUT2D eigenvalue weighted by Gasteiger charge is -2.17. The van der Waals surface area contributed by atoms with Crippen molar-refractivity contribution in [1.29, 1.82) is 0 Å². The molecule has 1 aliphatic rings. The van der Waals surface area contributed by atoms with Crippen molar-refractivity contribution in [3.63, 3.8) is 0 Å². The monoisotopic (exact) mass is 384 g/mol. The second kappa shape index (κ2) is 7.50. The Hall–Kier alpha value is -1.98. The van der Waals surface area contributed by atoms with Gasteiger partial charge in [0.15, 0.2) is 0 Å². The SMILES string of the molecule is COc1cc(N)c(Cl)cc1C(=O)NCC1(c2ccc(F)cc2)CC1.Cl. The van der Waals surface area contributed by atoms with Crippen molar-refractivity contribution >= 4 is 35.6 Å². The van der Waals surface area contributed by atoms with Gasteiger partial charge in [-0.15, -0.1) is 12.4 Å². The summed E-state index contributed by atoms with van der Waals surface area (Å²) in [6, 6.07) is 9.47. The van der Waals surface area contributed by atoms with E-state index in [1.807, 2.05) is 0 Å². The molecule has 0 atom stereocenters. The van der Waals surface area contributed by atoms with Gasteiger partial charge in [-0.2, -0.15) is 0 Å². The van der Waals surface area contributed by atoms with Crippen LogP contribution in [0.3, 0.4) is 0 Å². The Morgan fingerprint density at radius 2 is 1.96 bits per heavy atom. The maximum absolute atomic E-state index is 13.1. The molecule has 1 aliphatic carbocycles. The molecule has 1 amide bonds. The summed E-state index contributed by atoms with van der Waals surface area (Å²) in [5.41, 5.74) is 7.35. The van der Waals surface area contributed by atoms with Gasteiger partial charge in [-0.05, 0) is 36.6 Å². The van der Waals surface area contributed by atoms with Crippen LogP contribution in [0.4, 0.5) is 10.1 Å². The summed E-state index contributed by atoms with van der Waals surface area (Å²) in [5, 5.41) is 3.23. The standard InChI is InChI=1S/C18H18ClFN2O2.ClH/c1-24-16-9-15(21)14(19)8-13(16)17(23)22-10-18(6-7-18)11-2-4-12(20)5-3-11;/h2-5,8-9H,6-7,10,21H2,1H3,(H,22,23);1H. The Kier molecular flexibility index (Phi) is 5.80. The normalized spacial score (nSPS) is 14.4. The number of carbonyl (C=O) groups excluding carboxylic acids is 1. The van der Waals surface area contributed by atoms with Crippen LogP contribution in [-0.4, -0.2) is 19.6 Å². The van der Waals surface area contributed by atoms with E-state index in [-0.39, 0.29) is 29.5 Å². The number of halogens is 3. The van der Waals surface area contributed by atoms with Crippen LogP contribution in [0.1, 0.15) is 28.8 Å². The summed E-state index contributed by atoms with van der Waals surface area (Å²) < 4.78 is 18.3. The third-order valence-electron chi connectivity index (χ3n) is 4.46. The van der Waals surface area contributed by atoms with Gasteiger partial charge in [0, 0.05) is 18.0 Å². The summed E-state index contributed by atoms with van der Waals surface area (Å²) >= 11 is 6.00. The van der Waals surface area contributed by atoms with Crippen LogP contribution in [0.2, 0.25) is 5.02 Å². The molecule has 7 heteroatoms. The molecule has 134 valence electrons. The van der Waals surface area contributed by atoms with E-state index in [9.17, 15) is 9.18 Å². The molecule has 0 spiro atoms. The van der Waals surface area contributed by atoms with E-state index in [1.165, 1.54) is 31.4 Å². The number of benzene rings is 2. The van der Waals surface area contributed by atoms with Crippen molar-refractivity contribution in [3.05, 3.63) is 58.4 Å². The first-order valence-corrected chi connectivity index (χ1v) is 8.00. The third kappa shape index (κ3) is 3.99. The number of hydrogen-bond donors (Lipinski definition) is 2. The summed E-state index contributed by atoms with van der Waals surface area (Å²) in [4.78, 5) is 12.5. The Morgan fingerprint density at radius 1 is 1.32 bits per heavy atom. The molecule has 0 radical (unpaired) electrons. The number of methoxy groups -OCH3 is 1. The zero-order valence-electron chi connectivity index (χ0n) is 13.6. The summed E-state index contributed by atoms with van der Waals surface area (Å²) in [6.07, 6.45) is 1.91. The zero-order chi connectivity index (χ0) is 17.3. The van der Waals surface area contributed by atoms with E-state index in [0.29, 0.717) is 28.6 Å². The minimum atomic E-state index is -0.276. The first-order chi connectivity index (χ1) is 11.4. The molecule has 2 aromatic rings. The number of nitrogens with two attached hydrogens (primary N) is 1. The van der Waals surface area contributed by atoms with Crippen molar-refractivity contribution in [2.75, 3.05) is 19.4 Å². The molecule has 0 heterocycles. The van der Waals surface area contributed by atoms with Crippen LogP contribution >= 0.6 is 24.0 Å². The summed E-state index contributed by atoms with van der Waals surface area (Å²) in [7, 11) is 1.47. The lowest BCUT2D eigenvalue weighted by atomic mass is 9.96. The van der Waals surface area contributed by atoms with Crippen LogP contribution < -0.4 is 15.8 Å². The average Bonchev–Trinajstić information content (AvgIpc) is 3.36. The predicted molar refractivity (Wildman–Crippen MR) is 99.3 cm³/mol. The first-order valence-electron chi connectivity index (χ1n) is 7.62. The maximum atomic E-state index is 13.1. The molecule has 3 rings (SSSR count). The highest BCUT2D eigenvalue weighted by Gasteiger charge is 2.44. The highest BCUT2D eigenvalue weighted by atomic mass is 35.5. The van der Waals surface area contributed by atoms with E-state index < -0.39 is 0 Å². The second-order valence-corrected chi connectivity index (χ2v) is 6.45. The van der Waals surface area contributed by atoms with Gasteiger partial charge in [0.1, 0.15) is 11.6 Å². The molecule has 0 aromatic heterocycles. The highest BCUT2D eigenvalue weighted by Crippen LogP contribution is 2.47. The van der Waals surface area contributed by atoms with Crippen molar-refractivity contribution in [3.8, 4) is 5.75 Å². The molecule has 0 unspecified atom stereocenters. The highest BCUT2D eigenvalue weighted by molar-refractivity contribution is 6.33. The molecule has 1 saturated carbocycles. The van der Waals surface area contributed by atoms with Gasteiger partial charge < -0.3 is 15.8 Å². The molecule has 4 nitrogen and oxygen atoms in total. The smallest absolute Gasteiger partial charge is 0.255 e. The van der Waals surface area contributed by atoms with Gasteiger partial charge in [-0.3, -0.25) is 4.79 Å². The quantitative estimate of drug-likeness (QED) is 0.766. The molecule has 0 aliphatic heterocycles. The van der Waals surface area contributed by atoms with Crippen molar-refractivity contribution < 1.29 is 13.9 Å². The van der Waals surface area contributed by atoms with Gasteiger partial charge in [0.05, 0.1) is 23.4 Å². The third-order valence-corrected chi connectivity index (χ3v) is 4.79. The predicted octanol–water partition coefficient (Wildman–Crippen LogP) is 3.95. The lowest BCUT2D eigenvalue weighted by molar-refractivity contribution is 0.0946. The van der Waals surface area contributed by atoms with Crippen molar-refractivity contribution in [2.45, 2.75) is 18.3 Å². The van der Waals surface area contributed by atoms with Crippen molar-refractivity contribution in [2.24, 2.45) is 0 Å². The van der Waals surface area contributed by atoms with Gasteiger partial charge >= 0.3 is 0 Å². The fraction of sp³-hybridized carbons (Fsp3) is 0.278. The zero-order valence-corrected chi connectivity index (χ0v) is 15.2. The molecule has 1 fully saturated rings. The minimum absolute atomic E-state index is 0. The van der Waals surface area contributed by atoms with Gasteiger partial charge in [-0.1, -0.05) is 23.7 Å². The molecule has 25 heavy (non-hydrogen) atoms. The molecule has 3 N–H and O–H groups in total. The van der Waals surface area contributed by atoms with E-state index in [1.54, 1.807) is 12.1 Å². The minimum Gasteiger partial charge on any atom is -0.496 e. The molecule has 2 aromatic carbocycles. The number of carbonyl (C=O) groups is 1. The summed E-state index contributed by atoms with van der Waals surface area (Å²) in [5.74, 6) is -0.164. The number of ether oxygens (including phenoxy) is 1. The van der Waals surface area contributed by atoms with E-state index >= 15 is 0 Å².